The molecule has 5 aromatic rings. The number of aromatic nitrogens is 2. The molecule has 3 aliphatic heterocycles. The summed E-state index contributed by atoms with van der Waals surface area (Å²) >= 11 is 0. The Morgan fingerprint density at radius 1 is 0.812 bits per heavy atom. The van der Waals surface area contributed by atoms with Crippen molar-refractivity contribution in [3.8, 4) is 11.1 Å². The van der Waals surface area contributed by atoms with Gasteiger partial charge in [0.05, 0.1) is 11.0 Å². The first kappa shape index (κ1) is 34.3. The minimum absolute atomic E-state index is 0.115. The van der Waals surface area contributed by atoms with Crippen LogP contribution in [0.4, 0.5) is 8.78 Å². The molecule has 2 unspecified atom stereocenters. The molecular formula is C41H52F2N4O. The van der Waals surface area contributed by atoms with Crippen LogP contribution in [0.5, 0.6) is 0 Å². The second-order valence-corrected chi connectivity index (χ2v) is 14.0. The number of hydrogen-bond donors (Lipinski definition) is 0. The summed E-state index contributed by atoms with van der Waals surface area (Å²) in [5.41, 5.74) is 7.94. The Bertz CT molecular complexity index is 1850. The van der Waals surface area contributed by atoms with Gasteiger partial charge in [0, 0.05) is 72.7 Å². The molecule has 0 radical (unpaired) electrons. The highest BCUT2D eigenvalue weighted by molar-refractivity contribution is 5.98. The Kier molecular flexibility index (Phi) is 10.7. The molecular weight excluding hydrogens is 602 g/mol. The molecule has 1 saturated heterocycles. The first-order valence-electron chi connectivity index (χ1n) is 17.8. The summed E-state index contributed by atoms with van der Waals surface area (Å²) in [5, 5.41) is 2.20. The van der Waals surface area contributed by atoms with E-state index in [1.807, 2.05) is 32.0 Å². The van der Waals surface area contributed by atoms with Gasteiger partial charge in [0.15, 0.2) is 0 Å². The standard InChI is InChI=1S/C20H21FN2.C19H25FN2O.C2H6/c1-13-8-14-10-15(22(2)3)11-23-12-18(17(9-13)20(14)23)16-6-4-5-7-19(16)21;1-21(6-2-14-4-8-23-9-5-14)18-12-16-11-17(20)10-15-3-7-22(13-18)19(15)16;1-2/h4-9,12,15H,10-11H2,1-3H3;3,7,10-11,14,18H,2,4-6,8-9,12-13H2,1H3;1-2H3. The van der Waals surface area contributed by atoms with E-state index in [1.165, 1.54) is 52.9 Å². The topological polar surface area (TPSA) is 25.6 Å². The zero-order chi connectivity index (χ0) is 33.9. The molecule has 0 saturated carbocycles. The van der Waals surface area contributed by atoms with E-state index in [-0.39, 0.29) is 11.6 Å². The fourth-order valence-electron chi connectivity index (χ4n) is 7.93. The second kappa shape index (κ2) is 14.9. The quantitative estimate of drug-likeness (QED) is 0.183. The van der Waals surface area contributed by atoms with Crippen molar-refractivity contribution >= 4 is 21.8 Å². The monoisotopic (exact) mass is 654 g/mol. The van der Waals surface area contributed by atoms with E-state index in [0.717, 1.165) is 68.1 Å². The average Bonchev–Trinajstić information content (AvgIpc) is 3.67. The van der Waals surface area contributed by atoms with Crippen molar-refractivity contribution in [2.45, 2.75) is 78.0 Å². The molecule has 5 nitrogen and oxygen atoms in total. The molecule has 1 fully saturated rings. The van der Waals surface area contributed by atoms with Gasteiger partial charge >= 0.3 is 0 Å². The summed E-state index contributed by atoms with van der Waals surface area (Å²) in [7, 11) is 6.48. The SMILES string of the molecule is CC.CN(CCC1CCOCC1)C1Cc2cc(F)cc3ccn(c23)C1.Cc1cc2c3c(c1)c(-c1ccccc1F)cn3CC(N(C)C)C2. The Morgan fingerprint density at radius 3 is 2.27 bits per heavy atom. The molecule has 0 bridgehead atoms. The Hall–Kier alpha value is -3.52. The Morgan fingerprint density at radius 2 is 1.52 bits per heavy atom. The fraction of sp³-hybridized carbons (Fsp3) is 0.463. The van der Waals surface area contributed by atoms with Gasteiger partial charge in [-0.2, -0.15) is 0 Å². The molecule has 2 atom stereocenters. The number of rotatable bonds is 6. The summed E-state index contributed by atoms with van der Waals surface area (Å²) in [5.74, 6) is 0.534. The Balaban J connectivity index is 0.000000159. The molecule has 2 aromatic heterocycles. The van der Waals surface area contributed by atoms with E-state index >= 15 is 0 Å². The van der Waals surface area contributed by atoms with Crippen LogP contribution in [0.1, 0.15) is 49.8 Å². The van der Waals surface area contributed by atoms with Crippen LogP contribution in [0.15, 0.2) is 67.0 Å². The third-order valence-electron chi connectivity index (χ3n) is 10.6. The lowest BCUT2D eigenvalue weighted by atomic mass is 9.95. The van der Waals surface area contributed by atoms with E-state index in [0.29, 0.717) is 17.6 Å². The zero-order valence-corrected chi connectivity index (χ0v) is 29.6. The summed E-state index contributed by atoms with van der Waals surface area (Å²) in [6.45, 7) is 11.0. The molecule has 48 heavy (non-hydrogen) atoms. The van der Waals surface area contributed by atoms with Crippen molar-refractivity contribution in [3.63, 3.8) is 0 Å². The van der Waals surface area contributed by atoms with Crippen LogP contribution < -0.4 is 0 Å². The molecule has 256 valence electrons. The summed E-state index contributed by atoms with van der Waals surface area (Å²) in [4.78, 5) is 4.75. The fourth-order valence-corrected chi connectivity index (χ4v) is 7.93. The maximum Gasteiger partial charge on any atom is 0.131 e. The van der Waals surface area contributed by atoms with Gasteiger partial charge in [-0.25, -0.2) is 8.78 Å². The van der Waals surface area contributed by atoms with Crippen LogP contribution in [-0.2, 0) is 30.7 Å². The van der Waals surface area contributed by atoms with Gasteiger partial charge in [0.25, 0.3) is 0 Å². The number of hydrogen-bond acceptors (Lipinski definition) is 3. The van der Waals surface area contributed by atoms with E-state index in [1.54, 1.807) is 18.2 Å². The molecule has 0 aliphatic carbocycles. The highest BCUT2D eigenvalue weighted by atomic mass is 19.1. The molecule has 8 rings (SSSR count). The lowest BCUT2D eigenvalue weighted by Gasteiger charge is -2.34. The minimum atomic E-state index is -0.155. The zero-order valence-electron chi connectivity index (χ0n) is 29.6. The van der Waals surface area contributed by atoms with Gasteiger partial charge in [-0.15, -0.1) is 0 Å². The average molecular weight is 655 g/mol. The summed E-state index contributed by atoms with van der Waals surface area (Å²) < 4.78 is 38.2. The van der Waals surface area contributed by atoms with Crippen LogP contribution in [0.3, 0.4) is 0 Å². The highest BCUT2D eigenvalue weighted by Gasteiger charge is 2.26. The summed E-state index contributed by atoms with van der Waals surface area (Å²) in [6.07, 6.45) is 9.87. The van der Waals surface area contributed by atoms with Gasteiger partial charge in [0.2, 0.25) is 0 Å². The molecule has 0 amide bonds. The highest BCUT2D eigenvalue weighted by Crippen LogP contribution is 2.38. The smallest absolute Gasteiger partial charge is 0.131 e. The van der Waals surface area contributed by atoms with Gasteiger partial charge in [-0.1, -0.05) is 43.7 Å². The number of benzene rings is 3. The Labute approximate surface area is 285 Å². The normalized spacial score (nSPS) is 19.0. The predicted octanol–water partition coefficient (Wildman–Crippen LogP) is 8.72. The van der Waals surface area contributed by atoms with Gasteiger partial charge in [-0.05, 0) is 114 Å². The molecule has 3 aliphatic rings. The number of likely N-dealkylation sites (N-methyl/N-ethyl adjacent to an activating group) is 2. The number of ether oxygens (including phenoxy) is 1. The number of nitrogens with zero attached hydrogens (tertiary/aromatic N) is 4. The first-order chi connectivity index (χ1) is 23.2. The van der Waals surface area contributed by atoms with Gasteiger partial charge in [-0.3, -0.25) is 0 Å². The first-order valence-corrected chi connectivity index (χ1v) is 17.8. The van der Waals surface area contributed by atoms with Crippen LogP contribution >= 0.6 is 0 Å². The van der Waals surface area contributed by atoms with Gasteiger partial charge < -0.3 is 23.7 Å². The van der Waals surface area contributed by atoms with Crippen LogP contribution in [0.2, 0.25) is 0 Å². The van der Waals surface area contributed by atoms with Crippen molar-refractivity contribution in [2.24, 2.45) is 5.92 Å². The molecule has 3 aromatic carbocycles. The number of aryl methyl sites for hydroxylation is 1. The molecule has 7 heteroatoms. The van der Waals surface area contributed by atoms with Crippen molar-refractivity contribution in [3.05, 3.63) is 95.3 Å². The minimum Gasteiger partial charge on any atom is -0.381 e. The van der Waals surface area contributed by atoms with Crippen molar-refractivity contribution in [1.82, 2.24) is 18.9 Å². The largest absolute Gasteiger partial charge is 0.381 e. The van der Waals surface area contributed by atoms with Gasteiger partial charge in [0.1, 0.15) is 11.6 Å². The second-order valence-electron chi connectivity index (χ2n) is 14.0. The third kappa shape index (κ3) is 7.10. The summed E-state index contributed by atoms with van der Waals surface area (Å²) in [6, 6.07) is 17.9. The lowest BCUT2D eigenvalue weighted by Crippen LogP contribution is -2.40. The van der Waals surface area contributed by atoms with Crippen LogP contribution in [0.25, 0.3) is 32.9 Å². The molecule has 0 spiro atoms. The van der Waals surface area contributed by atoms with E-state index < -0.39 is 0 Å². The van der Waals surface area contributed by atoms with E-state index in [9.17, 15) is 8.78 Å². The van der Waals surface area contributed by atoms with E-state index in [4.69, 9.17) is 4.74 Å². The third-order valence-corrected chi connectivity index (χ3v) is 10.6. The van der Waals surface area contributed by atoms with Crippen molar-refractivity contribution in [2.75, 3.05) is 40.9 Å². The number of halogens is 2. The van der Waals surface area contributed by atoms with Crippen molar-refractivity contribution in [1.29, 1.82) is 0 Å². The molecule has 0 N–H and O–H groups in total. The predicted molar refractivity (Wildman–Crippen MR) is 195 cm³/mol. The lowest BCUT2D eigenvalue weighted by molar-refractivity contribution is 0.0589. The van der Waals surface area contributed by atoms with Crippen LogP contribution in [-0.4, -0.2) is 71.9 Å². The van der Waals surface area contributed by atoms with Crippen LogP contribution in [0, 0.1) is 24.5 Å². The van der Waals surface area contributed by atoms with E-state index in [2.05, 4.69) is 71.5 Å². The maximum atomic E-state index is 14.3. The van der Waals surface area contributed by atoms with Crippen molar-refractivity contribution < 1.29 is 13.5 Å². The molecule has 5 heterocycles. The maximum absolute atomic E-state index is 14.3.